The van der Waals surface area contributed by atoms with Gasteiger partial charge >= 0.3 is 0 Å². The quantitative estimate of drug-likeness (QED) is 0.158. The molecule has 0 aliphatic carbocycles. The van der Waals surface area contributed by atoms with Crippen molar-refractivity contribution in [2.24, 2.45) is 0 Å². The second kappa shape index (κ2) is 14.0. The van der Waals surface area contributed by atoms with Gasteiger partial charge in [0.05, 0.1) is 11.2 Å². The zero-order chi connectivity index (χ0) is 39.5. The number of rotatable bonds is 6. The molecule has 0 saturated heterocycles. The van der Waals surface area contributed by atoms with Crippen molar-refractivity contribution in [3.63, 3.8) is 0 Å². The summed E-state index contributed by atoms with van der Waals surface area (Å²) in [4.78, 5) is 20.4. The average molecular weight is 757 g/mol. The summed E-state index contributed by atoms with van der Waals surface area (Å²) < 4.78 is 6.61. The van der Waals surface area contributed by atoms with E-state index >= 15 is 0 Å². The number of nitrogens with zero attached hydrogens (tertiary/aromatic N) is 4. The molecule has 0 fully saturated rings. The van der Waals surface area contributed by atoms with E-state index in [4.69, 9.17) is 24.4 Å². The van der Waals surface area contributed by atoms with Gasteiger partial charge in [0.1, 0.15) is 11.2 Å². The van der Waals surface area contributed by atoms with Crippen molar-refractivity contribution in [2.75, 3.05) is 0 Å². The number of pyridine rings is 1. The maximum atomic E-state index is 6.61. The number of aromatic nitrogens is 4. The van der Waals surface area contributed by atoms with Crippen LogP contribution >= 0.6 is 0 Å². The lowest BCUT2D eigenvalue weighted by molar-refractivity contribution is 0.669. The van der Waals surface area contributed by atoms with Crippen LogP contribution in [0.3, 0.4) is 0 Å². The van der Waals surface area contributed by atoms with Crippen molar-refractivity contribution < 1.29 is 4.42 Å². The first-order valence-corrected chi connectivity index (χ1v) is 19.9. The van der Waals surface area contributed by atoms with Crippen LogP contribution in [0.2, 0.25) is 0 Å². The van der Waals surface area contributed by atoms with Crippen molar-refractivity contribution >= 4 is 43.6 Å². The van der Waals surface area contributed by atoms with Gasteiger partial charge in [-0.05, 0) is 60.9 Å². The van der Waals surface area contributed by atoms with Crippen molar-refractivity contribution in [1.82, 2.24) is 19.9 Å². The van der Waals surface area contributed by atoms with Crippen LogP contribution in [0, 0.1) is 13.8 Å². The third-order valence-corrected chi connectivity index (χ3v) is 11.2. The fraction of sp³-hybridized carbons (Fsp3) is 0.0370. The summed E-state index contributed by atoms with van der Waals surface area (Å²) >= 11 is 0. The second-order valence-electron chi connectivity index (χ2n) is 15.2. The summed E-state index contributed by atoms with van der Waals surface area (Å²) in [5, 5.41) is 5.52. The van der Waals surface area contributed by atoms with Crippen LogP contribution in [0.1, 0.15) is 11.1 Å². The summed E-state index contributed by atoms with van der Waals surface area (Å²) in [7, 11) is 0. The molecule has 0 N–H and O–H groups in total. The van der Waals surface area contributed by atoms with E-state index < -0.39 is 0 Å². The van der Waals surface area contributed by atoms with Crippen LogP contribution in [0.5, 0.6) is 0 Å². The van der Waals surface area contributed by atoms with Gasteiger partial charge < -0.3 is 4.42 Å². The molecule has 8 aromatic carbocycles. The Balaban J connectivity index is 1.09. The van der Waals surface area contributed by atoms with Crippen LogP contribution in [-0.4, -0.2) is 19.9 Å². The Morgan fingerprint density at radius 2 is 0.864 bits per heavy atom. The predicted molar refractivity (Wildman–Crippen MR) is 242 cm³/mol. The van der Waals surface area contributed by atoms with Crippen LogP contribution in [0.15, 0.2) is 186 Å². The third-order valence-electron chi connectivity index (χ3n) is 11.2. The fourth-order valence-electron chi connectivity index (χ4n) is 8.28. The molecule has 0 aliphatic rings. The Bertz CT molecular complexity index is 3320. The van der Waals surface area contributed by atoms with Crippen LogP contribution in [0.25, 0.3) is 111 Å². The van der Waals surface area contributed by atoms with Gasteiger partial charge in [-0.25, -0.2) is 19.9 Å². The summed E-state index contributed by atoms with van der Waals surface area (Å²) in [6, 6.07) is 63.4. The molecule has 5 heteroatoms. The van der Waals surface area contributed by atoms with Gasteiger partial charge in [0.15, 0.2) is 17.5 Å². The van der Waals surface area contributed by atoms with E-state index in [-0.39, 0.29) is 0 Å². The van der Waals surface area contributed by atoms with E-state index in [0.717, 1.165) is 93.8 Å². The zero-order valence-electron chi connectivity index (χ0n) is 32.5. The molecular weight excluding hydrogens is 721 g/mol. The first kappa shape index (κ1) is 34.5. The van der Waals surface area contributed by atoms with Crippen LogP contribution in [-0.2, 0) is 0 Å². The molecule has 59 heavy (non-hydrogen) atoms. The first-order valence-electron chi connectivity index (χ1n) is 19.9. The fourth-order valence-corrected chi connectivity index (χ4v) is 8.28. The summed E-state index contributed by atoms with van der Waals surface area (Å²) in [5.74, 6) is 1.90. The Labute approximate surface area is 341 Å². The maximum Gasteiger partial charge on any atom is 0.164 e. The maximum absolute atomic E-state index is 6.61. The molecule has 0 radical (unpaired) electrons. The molecule has 3 heterocycles. The SMILES string of the molecule is Cc1ccc(-c2nc(-c3ccc(C)cc3)nc(-c3cccc(-c4cccc(-c5nc6ccccc6c6c(-c7ccccc7)c7c(cc56)oc5ccccc57)c4)c3)n2)cc1. The largest absolute Gasteiger partial charge is 0.456 e. The molecule has 5 nitrogen and oxygen atoms in total. The molecule has 0 unspecified atom stereocenters. The predicted octanol–water partition coefficient (Wildman–Crippen LogP) is 14.1. The van der Waals surface area contributed by atoms with E-state index in [1.165, 1.54) is 11.1 Å². The highest BCUT2D eigenvalue weighted by Crippen LogP contribution is 2.46. The molecule has 0 saturated carbocycles. The van der Waals surface area contributed by atoms with Crippen molar-refractivity contribution in [3.05, 3.63) is 193 Å². The summed E-state index contributed by atoms with van der Waals surface area (Å²) in [6.07, 6.45) is 0. The molecule has 3 aromatic heterocycles. The Morgan fingerprint density at radius 3 is 1.54 bits per heavy atom. The molecule has 0 spiro atoms. The minimum atomic E-state index is 0.620. The average Bonchev–Trinajstić information content (AvgIpc) is 3.67. The van der Waals surface area contributed by atoms with E-state index in [1.54, 1.807) is 0 Å². The number of hydrogen-bond acceptors (Lipinski definition) is 5. The summed E-state index contributed by atoms with van der Waals surface area (Å²) in [6.45, 7) is 4.17. The molecule has 0 bridgehead atoms. The normalized spacial score (nSPS) is 11.6. The molecule has 0 amide bonds. The van der Waals surface area contributed by atoms with E-state index in [2.05, 4.69) is 184 Å². The van der Waals surface area contributed by atoms with Gasteiger partial charge in [0.2, 0.25) is 0 Å². The number of hydrogen-bond donors (Lipinski definition) is 0. The smallest absolute Gasteiger partial charge is 0.164 e. The highest BCUT2D eigenvalue weighted by molar-refractivity contribution is 6.27. The highest BCUT2D eigenvalue weighted by Gasteiger charge is 2.22. The standard InChI is InChI=1S/C54H36N4O/c1-33-22-26-36(27-23-33)52-56-53(37-28-24-34(2)25-29-37)58-54(57-52)41-17-11-15-39(31-41)38-14-10-16-40(30-38)51-44-32-47-50(43-19-7-9-21-46(43)59-47)48(35-12-4-3-5-13-35)49(44)42-18-6-8-20-45(42)55-51/h3-32H,1-2H3. The lowest BCUT2D eigenvalue weighted by Gasteiger charge is -2.16. The van der Waals surface area contributed by atoms with Crippen LogP contribution < -0.4 is 0 Å². The Kier molecular flexibility index (Phi) is 8.19. The lowest BCUT2D eigenvalue weighted by Crippen LogP contribution is -2.00. The minimum Gasteiger partial charge on any atom is -0.456 e. The summed E-state index contributed by atoms with van der Waals surface area (Å²) in [5.41, 5.74) is 14.1. The molecule has 0 atom stereocenters. The lowest BCUT2D eigenvalue weighted by atomic mass is 9.89. The molecule has 11 rings (SSSR count). The zero-order valence-corrected chi connectivity index (χ0v) is 32.5. The third kappa shape index (κ3) is 6.12. The van der Waals surface area contributed by atoms with Gasteiger partial charge in [-0.1, -0.05) is 163 Å². The molecule has 0 aliphatic heterocycles. The van der Waals surface area contributed by atoms with E-state index in [1.807, 2.05) is 12.1 Å². The van der Waals surface area contributed by atoms with E-state index in [9.17, 15) is 0 Å². The minimum absolute atomic E-state index is 0.620. The number of aryl methyl sites for hydroxylation is 2. The molecular formula is C54H36N4O. The van der Waals surface area contributed by atoms with Gasteiger partial charge in [-0.15, -0.1) is 0 Å². The van der Waals surface area contributed by atoms with Gasteiger partial charge in [0.25, 0.3) is 0 Å². The number of para-hydroxylation sites is 2. The topological polar surface area (TPSA) is 64.7 Å². The van der Waals surface area contributed by atoms with Crippen molar-refractivity contribution in [1.29, 1.82) is 0 Å². The molecule has 11 aromatic rings. The Hall–Kier alpha value is -7.76. The van der Waals surface area contributed by atoms with Crippen LogP contribution in [0.4, 0.5) is 0 Å². The highest BCUT2D eigenvalue weighted by atomic mass is 16.3. The van der Waals surface area contributed by atoms with Crippen molar-refractivity contribution in [3.8, 4) is 67.7 Å². The van der Waals surface area contributed by atoms with Crippen molar-refractivity contribution in [2.45, 2.75) is 13.8 Å². The monoisotopic (exact) mass is 756 g/mol. The second-order valence-corrected chi connectivity index (χ2v) is 15.2. The number of furan rings is 1. The Morgan fingerprint density at radius 1 is 0.339 bits per heavy atom. The number of benzene rings is 8. The van der Waals surface area contributed by atoms with Gasteiger partial charge in [-0.3, -0.25) is 0 Å². The van der Waals surface area contributed by atoms with E-state index in [0.29, 0.717) is 17.5 Å². The number of fused-ring (bicyclic) bond motifs is 6. The molecule has 278 valence electrons. The van der Waals surface area contributed by atoms with Gasteiger partial charge in [0, 0.05) is 54.7 Å². The van der Waals surface area contributed by atoms with Gasteiger partial charge in [-0.2, -0.15) is 0 Å². The first-order chi connectivity index (χ1) is 29.0.